The Balaban J connectivity index is 1.94. The number of fused-ring (bicyclic) bond motifs is 1. The minimum Gasteiger partial charge on any atom is -0.264 e. The number of hydrogen-bond donors (Lipinski definition) is 2. The zero-order chi connectivity index (χ0) is 18.1. The van der Waals surface area contributed by atoms with Gasteiger partial charge in [-0.15, -0.1) is 0 Å². The van der Waals surface area contributed by atoms with Gasteiger partial charge in [-0.25, -0.2) is 4.98 Å². The van der Waals surface area contributed by atoms with Crippen molar-refractivity contribution in [1.29, 1.82) is 5.26 Å². The summed E-state index contributed by atoms with van der Waals surface area (Å²) in [5.74, 6) is -0.135. The van der Waals surface area contributed by atoms with Crippen LogP contribution >= 0.6 is 0 Å². The Labute approximate surface area is 143 Å². The van der Waals surface area contributed by atoms with Crippen LogP contribution in [0, 0.1) is 39.0 Å². The summed E-state index contributed by atoms with van der Waals surface area (Å²) in [5, 5.41) is 24.9. The second kappa shape index (κ2) is 6.16. The number of nitrogens with one attached hydrogen (secondary N) is 2. The highest BCUT2D eigenvalue weighted by atomic mass is 16.2. The molecule has 3 rings (SSSR count). The van der Waals surface area contributed by atoms with E-state index in [1.165, 1.54) is 0 Å². The second-order valence-corrected chi connectivity index (χ2v) is 5.71. The maximum Gasteiger partial charge on any atom is 0.309 e. The highest BCUT2D eigenvalue weighted by Crippen LogP contribution is 2.23. The van der Waals surface area contributed by atoms with E-state index in [4.69, 9.17) is 0 Å². The standard InChI is InChI=1S/C16H16N8O/c1-8-5-9(2)18-14-13(8)15(22-20-14)21-19-12(7-17)16(25)24-11(4)6-10(3)23-24/h5-6H,1-4H3,(H2,18,20,21,22)/b19-12-. The molecular formula is C16H16N8O. The minimum absolute atomic E-state index is 0.313. The topological polar surface area (TPSA) is 125 Å². The Morgan fingerprint density at radius 1 is 1.28 bits per heavy atom. The van der Waals surface area contributed by atoms with E-state index in [1.807, 2.05) is 19.9 Å². The molecule has 0 aliphatic carbocycles. The van der Waals surface area contributed by atoms with Crippen molar-refractivity contribution in [3.63, 3.8) is 0 Å². The molecule has 0 aromatic carbocycles. The summed E-state index contributed by atoms with van der Waals surface area (Å²) in [5.41, 5.74) is 6.06. The lowest BCUT2D eigenvalue weighted by Crippen LogP contribution is -2.24. The molecule has 3 aromatic rings. The molecule has 2 N–H and O–H groups in total. The predicted octanol–water partition coefficient (Wildman–Crippen LogP) is 2.02. The van der Waals surface area contributed by atoms with Gasteiger partial charge in [0.2, 0.25) is 5.71 Å². The van der Waals surface area contributed by atoms with Gasteiger partial charge in [-0.2, -0.15) is 25.2 Å². The number of hydrazone groups is 1. The Bertz CT molecular complexity index is 1050. The molecule has 0 atom stereocenters. The van der Waals surface area contributed by atoms with Crippen molar-refractivity contribution in [2.45, 2.75) is 27.7 Å². The number of carbonyl (C=O) groups is 1. The fraction of sp³-hybridized carbons (Fsp3) is 0.250. The van der Waals surface area contributed by atoms with Crippen LogP contribution in [0.1, 0.15) is 27.4 Å². The van der Waals surface area contributed by atoms with Crippen molar-refractivity contribution >= 4 is 28.5 Å². The highest BCUT2D eigenvalue weighted by molar-refractivity contribution is 6.45. The van der Waals surface area contributed by atoms with E-state index < -0.39 is 5.91 Å². The van der Waals surface area contributed by atoms with Gasteiger partial charge in [0, 0.05) is 11.4 Å². The molecule has 0 unspecified atom stereocenters. The first-order valence-electron chi connectivity index (χ1n) is 7.54. The molecule has 0 aliphatic rings. The summed E-state index contributed by atoms with van der Waals surface area (Å²) in [7, 11) is 0. The van der Waals surface area contributed by atoms with Crippen LogP contribution < -0.4 is 5.43 Å². The number of carbonyl (C=O) groups excluding carboxylic acids is 1. The van der Waals surface area contributed by atoms with Crippen molar-refractivity contribution in [3.8, 4) is 6.07 Å². The molecule has 3 heterocycles. The van der Waals surface area contributed by atoms with Gasteiger partial charge in [0.15, 0.2) is 11.5 Å². The number of anilines is 1. The fourth-order valence-electron chi connectivity index (χ4n) is 2.62. The van der Waals surface area contributed by atoms with Crippen molar-refractivity contribution in [2.75, 3.05) is 5.43 Å². The summed E-state index contributed by atoms with van der Waals surface area (Å²) in [6.07, 6.45) is 0. The Kier molecular flexibility index (Phi) is 4.02. The van der Waals surface area contributed by atoms with Crippen molar-refractivity contribution in [2.24, 2.45) is 5.10 Å². The number of aryl methyl sites for hydroxylation is 4. The Hall–Kier alpha value is -3.54. The van der Waals surface area contributed by atoms with Gasteiger partial charge in [-0.3, -0.25) is 15.3 Å². The van der Waals surface area contributed by atoms with Gasteiger partial charge in [-0.1, -0.05) is 0 Å². The zero-order valence-corrected chi connectivity index (χ0v) is 14.2. The van der Waals surface area contributed by atoms with Gasteiger partial charge >= 0.3 is 5.91 Å². The van der Waals surface area contributed by atoms with E-state index in [-0.39, 0.29) is 5.71 Å². The van der Waals surface area contributed by atoms with Crippen LogP contribution in [0.15, 0.2) is 17.2 Å². The largest absolute Gasteiger partial charge is 0.309 e. The summed E-state index contributed by atoms with van der Waals surface area (Å²) in [6, 6.07) is 5.46. The molecule has 126 valence electrons. The molecule has 0 amide bonds. The van der Waals surface area contributed by atoms with Crippen molar-refractivity contribution < 1.29 is 4.79 Å². The molecule has 0 saturated carbocycles. The highest BCUT2D eigenvalue weighted by Gasteiger charge is 2.18. The average molecular weight is 336 g/mol. The van der Waals surface area contributed by atoms with Crippen LogP contribution in [0.2, 0.25) is 0 Å². The summed E-state index contributed by atoms with van der Waals surface area (Å²) < 4.78 is 1.15. The Morgan fingerprint density at radius 2 is 2.04 bits per heavy atom. The normalized spacial score (nSPS) is 11.6. The second-order valence-electron chi connectivity index (χ2n) is 5.71. The van der Waals surface area contributed by atoms with Crippen molar-refractivity contribution in [3.05, 3.63) is 34.8 Å². The number of H-pyrrole nitrogens is 1. The van der Waals surface area contributed by atoms with E-state index in [0.29, 0.717) is 22.9 Å². The van der Waals surface area contributed by atoms with Gasteiger partial charge in [0.25, 0.3) is 0 Å². The number of rotatable bonds is 3. The van der Waals surface area contributed by atoms with E-state index in [1.54, 1.807) is 26.0 Å². The van der Waals surface area contributed by atoms with Crippen LogP contribution in [0.5, 0.6) is 0 Å². The number of nitriles is 1. The first-order valence-corrected chi connectivity index (χ1v) is 7.54. The molecule has 0 radical (unpaired) electrons. The van der Waals surface area contributed by atoms with E-state index in [9.17, 15) is 10.1 Å². The SMILES string of the molecule is Cc1cc(C)c2c(N/N=C(/C#N)C(=O)n3nc(C)cc3C)[nH]nc2n1. The maximum absolute atomic E-state index is 12.4. The van der Waals surface area contributed by atoms with E-state index in [2.05, 4.69) is 30.8 Å². The molecule has 0 bridgehead atoms. The first-order chi connectivity index (χ1) is 11.9. The lowest BCUT2D eigenvalue weighted by atomic mass is 10.2. The molecule has 0 fully saturated rings. The summed E-state index contributed by atoms with van der Waals surface area (Å²) in [6.45, 7) is 7.31. The molecule has 0 aliphatic heterocycles. The van der Waals surface area contributed by atoms with Gasteiger partial charge in [-0.05, 0) is 45.4 Å². The lowest BCUT2D eigenvalue weighted by molar-refractivity contribution is 0.0974. The zero-order valence-electron chi connectivity index (χ0n) is 14.2. The molecule has 9 nitrogen and oxygen atoms in total. The number of aromatic nitrogens is 5. The van der Waals surface area contributed by atoms with E-state index >= 15 is 0 Å². The summed E-state index contributed by atoms with van der Waals surface area (Å²) in [4.78, 5) is 16.7. The Morgan fingerprint density at radius 3 is 2.68 bits per heavy atom. The predicted molar refractivity (Wildman–Crippen MR) is 92.4 cm³/mol. The number of nitrogens with zero attached hydrogens (tertiary/aromatic N) is 6. The van der Waals surface area contributed by atoms with Crippen molar-refractivity contribution in [1.82, 2.24) is 25.0 Å². The first kappa shape index (κ1) is 16.3. The quantitative estimate of drug-likeness (QED) is 0.557. The molecule has 0 saturated heterocycles. The van der Waals surface area contributed by atoms with Crippen LogP contribution in [-0.4, -0.2) is 36.6 Å². The monoisotopic (exact) mass is 336 g/mol. The van der Waals surface area contributed by atoms with Crippen LogP contribution in [0.3, 0.4) is 0 Å². The molecule has 9 heteroatoms. The third-order valence-electron chi connectivity index (χ3n) is 3.64. The van der Waals surface area contributed by atoms with Gasteiger partial charge in [0.05, 0.1) is 11.1 Å². The number of aromatic amines is 1. The molecular weight excluding hydrogens is 320 g/mol. The van der Waals surface area contributed by atoms with Crippen LogP contribution in [-0.2, 0) is 0 Å². The third kappa shape index (κ3) is 2.97. The van der Waals surface area contributed by atoms with Crippen LogP contribution in [0.4, 0.5) is 5.82 Å². The lowest BCUT2D eigenvalue weighted by Gasteiger charge is -2.03. The number of pyridine rings is 1. The molecule has 0 spiro atoms. The van der Waals surface area contributed by atoms with Crippen LogP contribution in [0.25, 0.3) is 11.0 Å². The minimum atomic E-state index is -0.602. The summed E-state index contributed by atoms with van der Waals surface area (Å²) >= 11 is 0. The third-order valence-corrected chi connectivity index (χ3v) is 3.64. The molecule has 3 aromatic heterocycles. The number of hydrogen-bond acceptors (Lipinski definition) is 7. The van der Waals surface area contributed by atoms with Gasteiger partial charge in [0.1, 0.15) is 6.07 Å². The van der Waals surface area contributed by atoms with Gasteiger partial charge < -0.3 is 0 Å². The maximum atomic E-state index is 12.4. The molecule has 25 heavy (non-hydrogen) atoms. The average Bonchev–Trinajstić information content (AvgIpc) is 3.10. The fourth-order valence-corrected chi connectivity index (χ4v) is 2.62. The van der Waals surface area contributed by atoms with E-state index in [0.717, 1.165) is 21.3 Å². The smallest absolute Gasteiger partial charge is 0.264 e.